The molecule has 30 heavy (non-hydrogen) atoms. The molecule has 0 bridgehead atoms. The van der Waals surface area contributed by atoms with Crippen LogP contribution in [-0.2, 0) is 17.8 Å². The number of para-hydroxylation sites is 1. The summed E-state index contributed by atoms with van der Waals surface area (Å²) in [6, 6.07) is 27.6. The smallest absolute Gasteiger partial charge is 0.220 e. The number of halogens is 1. The molecule has 5 heteroatoms. The van der Waals surface area contributed by atoms with Crippen molar-refractivity contribution < 1.29 is 4.79 Å². The van der Waals surface area contributed by atoms with Crippen LogP contribution in [0.5, 0.6) is 0 Å². The summed E-state index contributed by atoms with van der Waals surface area (Å²) >= 11 is 5.91. The first kappa shape index (κ1) is 19.9. The van der Waals surface area contributed by atoms with E-state index in [0.29, 0.717) is 24.4 Å². The van der Waals surface area contributed by atoms with Gasteiger partial charge < -0.3 is 5.32 Å². The van der Waals surface area contributed by atoms with Gasteiger partial charge in [0.2, 0.25) is 5.91 Å². The molecule has 0 radical (unpaired) electrons. The van der Waals surface area contributed by atoms with Gasteiger partial charge in [0.05, 0.1) is 11.4 Å². The summed E-state index contributed by atoms with van der Waals surface area (Å²) in [5.41, 5.74) is 5.02. The van der Waals surface area contributed by atoms with E-state index in [0.717, 1.165) is 28.1 Å². The van der Waals surface area contributed by atoms with Crippen molar-refractivity contribution in [2.24, 2.45) is 0 Å². The number of rotatable bonds is 7. The fourth-order valence-electron chi connectivity index (χ4n) is 3.28. The number of carbonyl (C=O) groups excluding carboxylic acids is 1. The molecule has 0 unspecified atom stereocenters. The third kappa shape index (κ3) is 4.97. The zero-order chi connectivity index (χ0) is 20.8. The van der Waals surface area contributed by atoms with Gasteiger partial charge in [0.15, 0.2) is 0 Å². The van der Waals surface area contributed by atoms with Gasteiger partial charge >= 0.3 is 0 Å². The van der Waals surface area contributed by atoms with Crippen LogP contribution < -0.4 is 5.32 Å². The van der Waals surface area contributed by atoms with E-state index in [2.05, 4.69) is 5.32 Å². The number of aryl methyl sites for hydroxylation is 1. The lowest BCUT2D eigenvalue weighted by Gasteiger charge is -2.06. The first-order chi connectivity index (χ1) is 14.7. The Kier molecular flexibility index (Phi) is 6.26. The second-order valence-electron chi connectivity index (χ2n) is 7.05. The summed E-state index contributed by atoms with van der Waals surface area (Å²) < 4.78 is 1.88. The van der Waals surface area contributed by atoms with E-state index < -0.39 is 0 Å². The average Bonchev–Trinajstić information content (AvgIpc) is 3.23. The van der Waals surface area contributed by atoms with E-state index >= 15 is 0 Å². The molecule has 4 nitrogen and oxygen atoms in total. The highest BCUT2D eigenvalue weighted by Crippen LogP contribution is 2.24. The molecule has 3 aromatic carbocycles. The first-order valence-electron chi connectivity index (χ1n) is 9.89. The fourth-order valence-corrected chi connectivity index (χ4v) is 3.41. The second-order valence-corrected chi connectivity index (χ2v) is 7.49. The Bertz CT molecular complexity index is 1110. The minimum absolute atomic E-state index is 0.0106. The average molecular weight is 416 g/mol. The van der Waals surface area contributed by atoms with Crippen molar-refractivity contribution in [3.63, 3.8) is 0 Å². The Balaban J connectivity index is 1.47. The quantitative estimate of drug-likeness (QED) is 0.436. The zero-order valence-electron chi connectivity index (χ0n) is 16.5. The number of nitrogens with one attached hydrogen (secondary N) is 1. The second kappa shape index (κ2) is 9.42. The molecular formula is C25H22ClN3O. The van der Waals surface area contributed by atoms with Crippen LogP contribution in [0.3, 0.4) is 0 Å². The molecule has 1 aromatic heterocycles. The maximum Gasteiger partial charge on any atom is 0.220 e. The number of nitrogens with zero attached hydrogens (tertiary/aromatic N) is 2. The minimum Gasteiger partial charge on any atom is -0.352 e. The summed E-state index contributed by atoms with van der Waals surface area (Å²) in [5.74, 6) is 0.0106. The van der Waals surface area contributed by atoms with E-state index in [9.17, 15) is 4.79 Å². The molecule has 0 aliphatic carbocycles. The normalized spacial score (nSPS) is 10.7. The SMILES string of the molecule is O=C(CCc1cn(-c2ccccc2)nc1-c1ccccc1)NCc1ccc(Cl)cc1. The van der Waals surface area contributed by atoms with Gasteiger partial charge in [0.25, 0.3) is 0 Å². The molecule has 4 rings (SSSR count). The maximum absolute atomic E-state index is 12.4. The summed E-state index contributed by atoms with van der Waals surface area (Å²) in [6.07, 6.45) is 3.03. The lowest BCUT2D eigenvalue weighted by Crippen LogP contribution is -2.22. The molecule has 0 saturated carbocycles. The maximum atomic E-state index is 12.4. The van der Waals surface area contributed by atoms with E-state index in [1.54, 1.807) is 0 Å². The third-order valence-electron chi connectivity index (χ3n) is 4.88. The van der Waals surface area contributed by atoms with Gasteiger partial charge in [-0.05, 0) is 41.8 Å². The number of hydrogen-bond acceptors (Lipinski definition) is 2. The Morgan fingerprint density at radius 3 is 2.27 bits per heavy atom. The van der Waals surface area contributed by atoms with Crippen LogP contribution in [0.2, 0.25) is 5.02 Å². The van der Waals surface area contributed by atoms with Crippen LogP contribution in [-0.4, -0.2) is 15.7 Å². The van der Waals surface area contributed by atoms with Crippen molar-refractivity contribution in [3.05, 3.63) is 107 Å². The van der Waals surface area contributed by atoms with Crippen molar-refractivity contribution in [2.45, 2.75) is 19.4 Å². The zero-order valence-corrected chi connectivity index (χ0v) is 17.2. The molecule has 1 amide bonds. The van der Waals surface area contributed by atoms with Crippen LogP contribution in [0.15, 0.2) is 91.1 Å². The van der Waals surface area contributed by atoms with Gasteiger partial charge in [-0.2, -0.15) is 5.10 Å². The molecule has 0 spiro atoms. The predicted octanol–water partition coefficient (Wildman–Crippen LogP) is 5.44. The van der Waals surface area contributed by atoms with Gasteiger partial charge in [-0.1, -0.05) is 72.3 Å². The van der Waals surface area contributed by atoms with E-state index in [1.165, 1.54) is 0 Å². The van der Waals surface area contributed by atoms with Gasteiger partial charge in [-0.25, -0.2) is 4.68 Å². The highest BCUT2D eigenvalue weighted by Gasteiger charge is 2.13. The molecule has 0 aliphatic heterocycles. The van der Waals surface area contributed by atoms with Gasteiger partial charge in [0, 0.05) is 29.7 Å². The van der Waals surface area contributed by atoms with E-state index in [-0.39, 0.29) is 5.91 Å². The molecule has 0 aliphatic rings. The van der Waals surface area contributed by atoms with E-state index in [1.807, 2.05) is 95.8 Å². The number of benzene rings is 3. The standard InChI is InChI=1S/C25H22ClN3O/c26-22-14-11-19(12-15-22)17-27-24(30)16-13-21-18-29(23-9-5-2-6-10-23)28-25(21)20-7-3-1-4-8-20/h1-12,14-15,18H,13,16-17H2,(H,27,30). The summed E-state index contributed by atoms with van der Waals surface area (Å²) in [4.78, 5) is 12.4. The van der Waals surface area contributed by atoms with Crippen molar-refractivity contribution in [1.29, 1.82) is 0 Å². The summed E-state index contributed by atoms with van der Waals surface area (Å²) in [6.45, 7) is 0.491. The van der Waals surface area contributed by atoms with E-state index in [4.69, 9.17) is 16.7 Å². The topological polar surface area (TPSA) is 46.9 Å². The van der Waals surface area contributed by atoms with Crippen LogP contribution in [0.1, 0.15) is 17.5 Å². The highest BCUT2D eigenvalue weighted by molar-refractivity contribution is 6.30. The third-order valence-corrected chi connectivity index (χ3v) is 5.13. The first-order valence-corrected chi connectivity index (χ1v) is 10.3. The molecule has 1 heterocycles. The molecule has 1 N–H and O–H groups in total. The van der Waals surface area contributed by atoms with Gasteiger partial charge in [-0.15, -0.1) is 0 Å². The number of hydrogen-bond donors (Lipinski definition) is 1. The summed E-state index contributed by atoms with van der Waals surface area (Å²) in [5, 5.41) is 8.47. The minimum atomic E-state index is 0.0106. The van der Waals surface area contributed by atoms with Crippen molar-refractivity contribution in [1.82, 2.24) is 15.1 Å². The van der Waals surface area contributed by atoms with Gasteiger partial charge in [-0.3, -0.25) is 4.79 Å². The number of amides is 1. The number of carbonyl (C=O) groups is 1. The van der Waals surface area contributed by atoms with Crippen molar-refractivity contribution in [3.8, 4) is 16.9 Å². The molecular weight excluding hydrogens is 394 g/mol. The Hall–Kier alpha value is -3.37. The highest BCUT2D eigenvalue weighted by atomic mass is 35.5. The van der Waals surface area contributed by atoms with Crippen LogP contribution in [0.25, 0.3) is 16.9 Å². The van der Waals surface area contributed by atoms with Crippen LogP contribution in [0, 0.1) is 0 Å². The number of aromatic nitrogens is 2. The predicted molar refractivity (Wildman–Crippen MR) is 121 cm³/mol. The lowest BCUT2D eigenvalue weighted by atomic mass is 10.0. The Labute approximate surface area is 181 Å². The van der Waals surface area contributed by atoms with Crippen LogP contribution in [0.4, 0.5) is 0 Å². The Morgan fingerprint density at radius 2 is 1.57 bits per heavy atom. The molecule has 150 valence electrons. The van der Waals surface area contributed by atoms with Crippen LogP contribution >= 0.6 is 11.6 Å². The summed E-state index contributed by atoms with van der Waals surface area (Å²) in [7, 11) is 0. The Morgan fingerprint density at radius 1 is 0.900 bits per heavy atom. The fraction of sp³-hybridized carbons (Fsp3) is 0.120. The van der Waals surface area contributed by atoms with Crippen molar-refractivity contribution >= 4 is 17.5 Å². The lowest BCUT2D eigenvalue weighted by molar-refractivity contribution is -0.121. The molecule has 0 fully saturated rings. The molecule has 0 atom stereocenters. The largest absolute Gasteiger partial charge is 0.352 e. The van der Waals surface area contributed by atoms with Crippen molar-refractivity contribution in [2.75, 3.05) is 0 Å². The molecule has 4 aromatic rings. The molecule has 0 saturated heterocycles. The van der Waals surface area contributed by atoms with Gasteiger partial charge in [0.1, 0.15) is 0 Å². The monoisotopic (exact) mass is 415 g/mol.